The summed E-state index contributed by atoms with van der Waals surface area (Å²) in [6, 6.07) is 9.75. The molecule has 2 heterocycles. The van der Waals surface area contributed by atoms with Gasteiger partial charge in [0.15, 0.2) is 0 Å². The van der Waals surface area contributed by atoms with Gasteiger partial charge in [-0.1, -0.05) is 15.9 Å². The van der Waals surface area contributed by atoms with E-state index in [0.29, 0.717) is 19.0 Å². The van der Waals surface area contributed by atoms with Gasteiger partial charge in [-0.15, -0.1) is 0 Å². The van der Waals surface area contributed by atoms with Crippen LogP contribution >= 0.6 is 15.9 Å². The molecule has 1 N–H and O–H groups in total. The first-order valence-electron chi connectivity index (χ1n) is 7.04. The topological polar surface area (TPSA) is 61.4 Å². The lowest BCUT2D eigenvalue weighted by Crippen LogP contribution is -2.46. The number of carbonyl (C=O) groups is 1. The zero-order valence-corrected chi connectivity index (χ0v) is 13.5. The third-order valence-electron chi connectivity index (χ3n) is 3.51. The fraction of sp³-hybridized carbons (Fsp3) is 0.267. The smallest absolute Gasteiger partial charge is 0.227 e. The minimum Gasteiger partial charge on any atom is -0.342 e. The number of rotatable bonds is 4. The van der Waals surface area contributed by atoms with Crippen molar-refractivity contribution < 1.29 is 4.79 Å². The summed E-state index contributed by atoms with van der Waals surface area (Å²) in [5.74, 6) is 1.44. The molecular weight excluding hydrogens is 346 g/mol. The van der Waals surface area contributed by atoms with Crippen LogP contribution in [0.4, 0.5) is 17.5 Å². The number of aromatic nitrogens is 2. The van der Waals surface area contributed by atoms with Gasteiger partial charge in [-0.2, -0.15) is 4.98 Å². The Morgan fingerprint density at radius 3 is 2.50 bits per heavy atom. The molecule has 1 aliphatic heterocycles. The van der Waals surface area contributed by atoms with Crippen molar-refractivity contribution in [3.05, 3.63) is 41.0 Å². The van der Waals surface area contributed by atoms with Gasteiger partial charge in [0.05, 0.1) is 0 Å². The summed E-state index contributed by atoms with van der Waals surface area (Å²) in [5.41, 5.74) is 0.971. The fourth-order valence-corrected chi connectivity index (χ4v) is 2.54. The second kappa shape index (κ2) is 6.74. The molecule has 1 aromatic heterocycles. The van der Waals surface area contributed by atoms with E-state index in [2.05, 4.69) is 36.1 Å². The van der Waals surface area contributed by atoms with Crippen LogP contribution in [0.15, 0.2) is 41.0 Å². The van der Waals surface area contributed by atoms with E-state index in [-0.39, 0.29) is 0 Å². The molecule has 7 heteroatoms. The average Bonchev–Trinajstić information content (AvgIpc) is 2.57. The van der Waals surface area contributed by atoms with E-state index in [9.17, 15) is 4.79 Å². The lowest BCUT2D eigenvalue weighted by molar-refractivity contribution is -0.118. The molecule has 22 heavy (non-hydrogen) atoms. The molecule has 0 unspecified atom stereocenters. The molecule has 0 aliphatic carbocycles. The van der Waals surface area contributed by atoms with Crippen LogP contribution in [-0.2, 0) is 4.79 Å². The predicted molar refractivity (Wildman–Crippen MR) is 89.3 cm³/mol. The minimum absolute atomic E-state index is 0.688. The van der Waals surface area contributed by atoms with Crippen molar-refractivity contribution in [3.63, 3.8) is 0 Å². The number of amides is 1. The van der Waals surface area contributed by atoms with E-state index in [4.69, 9.17) is 0 Å². The van der Waals surface area contributed by atoms with E-state index in [1.807, 2.05) is 30.3 Å². The molecule has 0 spiro atoms. The number of piperazine rings is 1. The summed E-state index contributed by atoms with van der Waals surface area (Å²) < 4.78 is 1.04. The van der Waals surface area contributed by atoms with Crippen LogP contribution in [0, 0.1) is 0 Å². The Bertz CT molecular complexity index is 641. The summed E-state index contributed by atoms with van der Waals surface area (Å²) in [6.07, 6.45) is 2.64. The second-order valence-corrected chi connectivity index (χ2v) is 5.92. The van der Waals surface area contributed by atoms with Crippen molar-refractivity contribution >= 4 is 39.8 Å². The summed E-state index contributed by atoms with van der Waals surface area (Å²) in [5, 5.41) is 3.27. The van der Waals surface area contributed by atoms with Gasteiger partial charge in [-0.3, -0.25) is 4.79 Å². The molecule has 6 nitrogen and oxygen atoms in total. The third kappa shape index (κ3) is 3.54. The molecule has 3 rings (SSSR count). The van der Waals surface area contributed by atoms with Crippen LogP contribution < -0.4 is 10.2 Å². The zero-order valence-electron chi connectivity index (χ0n) is 11.9. The number of benzene rings is 1. The van der Waals surface area contributed by atoms with E-state index in [1.165, 1.54) is 0 Å². The van der Waals surface area contributed by atoms with Crippen LogP contribution in [0.3, 0.4) is 0 Å². The average molecular weight is 362 g/mol. The van der Waals surface area contributed by atoms with Gasteiger partial charge in [0.1, 0.15) is 5.82 Å². The SMILES string of the molecule is O=CN1CCN(c2nccc(Nc3ccc(Br)cc3)n2)CC1. The highest BCUT2D eigenvalue weighted by Crippen LogP contribution is 2.19. The van der Waals surface area contributed by atoms with Crippen molar-refractivity contribution in [2.75, 3.05) is 36.4 Å². The Hall–Kier alpha value is -2.15. The van der Waals surface area contributed by atoms with E-state index < -0.39 is 0 Å². The molecule has 2 aromatic rings. The van der Waals surface area contributed by atoms with Gasteiger partial charge in [0, 0.05) is 42.5 Å². The maximum absolute atomic E-state index is 10.7. The van der Waals surface area contributed by atoms with Crippen molar-refractivity contribution in [2.24, 2.45) is 0 Å². The standard InChI is InChI=1S/C15H16BrN5O/c16-12-1-3-13(4-2-12)18-14-5-6-17-15(19-14)21-9-7-20(11-22)8-10-21/h1-6,11H,7-10H2,(H,17,18,19). The highest BCUT2D eigenvalue weighted by Gasteiger charge is 2.17. The Labute approximate surface area is 137 Å². The normalized spacial score (nSPS) is 14.8. The first kappa shape index (κ1) is 14.8. The van der Waals surface area contributed by atoms with Gasteiger partial charge < -0.3 is 15.1 Å². The van der Waals surface area contributed by atoms with Gasteiger partial charge >= 0.3 is 0 Å². The maximum atomic E-state index is 10.7. The maximum Gasteiger partial charge on any atom is 0.227 e. The lowest BCUT2D eigenvalue weighted by Gasteiger charge is -2.32. The molecule has 0 atom stereocenters. The molecule has 0 saturated carbocycles. The molecule has 1 aromatic carbocycles. The molecular formula is C15H16BrN5O. The van der Waals surface area contributed by atoms with Crippen LogP contribution in [-0.4, -0.2) is 47.5 Å². The van der Waals surface area contributed by atoms with Crippen molar-refractivity contribution in [2.45, 2.75) is 0 Å². The van der Waals surface area contributed by atoms with Gasteiger partial charge in [0.2, 0.25) is 12.4 Å². The lowest BCUT2D eigenvalue weighted by atomic mass is 10.3. The first-order valence-corrected chi connectivity index (χ1v) is 7.84. The molecule has 1 amide bonds. The molecule has 0 radical (unpaired) electrons. The Kier molecular flexibility index (Phi) is 4.53. The zero-order chi connectivity index (χ0) is 15.4. The van der Waals surface area contributed by atoms with Crippen LogP contribution in [0.25, 0.3) is 0 Å². The fourth-order valence-electron chi connectivity index (χ4n) is 2.28. The van der Waals surface area contributed by atoms with Crippen LogP contribution in [0.5, 0.6) is 0 Å². The van der Waals surface area contributed by atoms with Gasteiger partial charge in [-0.05, 0) is 30.3 Å². The van der Waals surface area contributed by atoms with Gasteiger partial charge in [-0.25, -0.2) is 4.98 Å². The van der Waals surface area contributed by atoms with E-state index >= 15 is 0 Å². The number of halogens is 1. The molecule has 1 fully saturated rings. The summed E-state index contributed by atoms with van der Waals surface area (Å²) in [7, 11) is 0. The number of carbonyl (C=O) groups excluding carboxylic acids is 1. The highest BCUT2D eigenvalue weighted by atomic mass is 79.9. The van der Waals surface area contributed by atoms with Crippen molar-refractivity contribution in [3.8, 4) is 0 Å². The Morgan fingerprint density at radius 1 is 1.09 bits per heavy atom. The van der Waals surface area contributed by atoms with E-state index in [1.54, 1.807) is 11.1 Å². The van der Waals surface area contributed by atoms with Crippen LogP contribution in [0.2, 0.25) is 0 Å². The summed E-state index contributed by atoms with van der Waals surface area (Å²) in [6.45, 7) is 2.91. The van der Waals surface area contributed by atoms with Crippen molar-refractivity contribution in [1.82, 2.24) is 14.9 Å². The largest absolute Gasteiger partial charge is 0.342 e. The number of anilines is 3. The summed E-state index contributed by atoms with van der Waals surface area (Å²) in [4.78, 5) is 23.5. The van der Waals surface area contributed by atoms with Crippen molar-refractivity contribution in [1.29, 1.82) is 0 Å². The van der Waals surface area contributed by atoms with Gasteiger partial charge in [0.25, 0.3) is 0 Å². The highest BCUT2D eigenvalue weighted by molar-refractivity contribution is 9.10. The molecule has 0 bridgehead atoms. The number of nitrogens with zero attached hydrogens (tertiary/aromatic N) is 4. The minimum atomic E-state index is 0.688. The number of nitrogens with one attached hydrogen (secondary N) is 1. The third-order valence-corrected chi connectivity index (χ3v) is 4.03. The quantitative estimate of drug-likeness (QED) is 0.846. The first-order chi connectivity index (χ1) is 10.7. The molecule has 1 aliphatic rings. The predicted octanol–water partition coefficient (Wildman–Crippen LogP) is 2.26. The Morgan fingerprint density at radius 2 is 1.82 bits per heavy atom. The summed E-state index contributed by atoms with van der Waals surface area (Å²) >= 11 is 3.42. The Balaban J connectivity index is 1.70. The number of hydrogen-bond donors (Lipinski definition) is 1. The second-order valence-electron chi connectivity index (χ2n) is 5.00. The monoisotopic (exact) mass is 361 g/mol. The van der Waals surface area contributed by atoms with Crippen LogP contribution in [0.1, 0.15) is 0 Å². The molecule has 1 saturated heterocycles. The number of hydrogen-bond acceptors (Lipinski definition) is 5. The molecule has 114 valence electrons. The van der Waals surface area contributed by atoms with E-state index in [0.717, 1.165) is 35.5 Å².